The van der Waals surface area contributed by atoms with Crippen molar-refractivity contribution in [3.05, 3.63) is 21.4 Å². The van der Waals surface area contributed by atoms with Crippen molar-refractivity contribution in [2.75, 3.05) is 6.54 Å². The third kappa shape index (κ3) is 2.62. The van der Waals surface area contributed by atoms with Gasteiger partial charge in [0.15, 0.2) is 0 Å². The molecule has 2 rings (SSSR count). The number of aryl methyl sites for hydroxylation is 2. The van der Waals surface area contributed by atoms with Crippen LogP contribution in [0.5, 0.6) is 0 Å². The Kier molecular flexibility index (Phi) is 3.61. The number of hydrogen-bond acceptors (Lipinski definition) is 3. The van der Waals surface area contributed by atoms with E-state index in [0.29, 0.717) is 6.54 Å². The molecule has 3 N–H and O–H groups in total. The van der Waals surface area contributed by atoms with E-state index in [2.05, 4.69) is 5.32 Å². The van der Waals surface area contributed by atoms with Crippen LogP contribution in [-0.4, -0.2) is 18.5 Å². The van der Waals surface area contributed by atoms with Crippen molar-refractivity contribution in [1.29, 1.82) is 0 Å². The second kappa shape index (κ2) is 4.97. The molecule has 0 aromatic carbocycles. The van der Waals surface area contributed by atoms with Crippen LogP contribution in [0.2, 0.25) is 0 Å². The molecule has 1 heterocycles. The van der Waals surface area contributed by atoms with Gasteiger partial charge in [-0.3, -0.25) is 4.79 Å². The topological polar surface area (TPSA) is 55.1 Å². The summed E-state index contributed by atoms with van der Waals surface area (Å²) in [6.45, 7) is 2.62. The second-order valence-electron chi connectivity index (χ2n) is 4.43. The third-order valence-corrected chi connectivity index (χ3v) is 4.09. The molecule has 16 heavy (non-hydrogen) atoms. The summed E-state index contributed by atoms with van der Waals surface area (Å²) in [6, 6.07) is 2.20. The summed E-state index contributed by atoms with van der Waals surface area (Å²) in [5.74, 6) is 0.0556. The first-order chi connectivity index (χ1) is 7.66. The van der Waals surface area contributed by atoms with E-state index in [1.807, 2.05) is 13.0 Å². The average molecular weight is 238 g/mol. The van der Waals surface area contributed by atoms with Crippen molar-refractivity contribution in [1.82, 2.24) is 5.32 Å². The lowest BCUT2D eigenvalue weighted by Gasteiger charge is -2.05. The van der Waals surface area contributed by atoms with Crippen LogP contribution in [0, 0.1) is 0 Å². The molecule has 0 aliphatic heterocycles. The molecule has 0 saturated heterocycles. The van der Waals surface area contributed by atoms with Crippen molar-refractivity contribution >= 4 is 17.2 Å². The SMILES string of the molecule is CC(N)CCNC(=O)c1cc2c(s1)CCC2. The van der Waals surface area contributed by atoms with Crippen molar-refractivity contribution in [2.24, 2.45) is 5.73 Å². The maximum atomic E-state index is 11.8. The van der Waals surface area contributed by atoms with Crippen molar-refractivity contribution in [2.45, 2.75) is 38.6 Å². The summed E-state index contributed by atoms with van der Waals surface area (Å²) in [6.07, 6.45) is 4.36. The van der Waals surface area contributed by atoms with Crippen molar-refractivity contribution < 1.29 is 4.79 Å². The van der Waals surface area contributed by atoms with E-state index in [0.717, 1.165) is 24.1 Å². The highest BCUT2D eigenvalue weighted by molar-refractivity contribution is 7.14. The van der Waals surface area contributed by atoms with E-state index in [-0.39, 0.29) is 11.9 Å². The van der Waals surface area contributed by atoms with E-state index in [1.165, 1.54) is 16.9 Å². The van der Waals surface area contributed by atoms with Crippen LogP contribution in [0.1, 0.15) is 39.9 Å². The molecule has 1 unspecified atom stereocenters. The first kappa shape index (κ1) is 11.6. The van der Waals surface area contributed by atoms with Gasteiger partial charge in [0.25, 0.3) is 5.91 Å². The highest BCUT2D eigenvalue weighted by atomic mass is 32.1. The van der Waals surface area contributed by atoms with Gasteiger partial charge >= 0.3 is 0 Å². The predicted octanol–water partition coefficient (Wildman–Crippen LogP) is 1.70. The molecule has 0 spiro atoms. The standard InChI is InChI=1S/C12H18N2OS/c1-8(13)5-6-14-12(15)11-7-9-3-2-4-10(9)16-11/h7-8H,2-6,13H2,1H3,(H,14,15). The zero-order chi connectivity index (χ0) is 11.5. The lowest BCUT2D eigenvalue weighted by atomic mass is 10.2. The van der Waals surface area contributed by atoms with Gasteiger partial charge in [-0.2, -0.15) is 0 Å². The number of nitrogens with two attached hydrogens (primary N) is 1. The number of thiophene rings is 1. The normalized spacial score (nSPS) is 15.9. The molecule has 0 fully saturated rings. The molecule has 0 radical (unpaired) electrons. The summed E-state index contributed by atoms with van der Waals surface area (Å²) in [7, 11) is 0. The van der Waals surface area contributed by atoms with Gasteiger partial charge in [-0.05, 0) is 44.2 Å². The van der Waals surface area contributed by atoms with Crippen LogP contribution in [0.15, 0.2) is 6.07 Å². The summed E-state index contributed by atoms with van der Waals surface area (Å²) in [5.41, 5.74) is 7.00. The molecule has 88 valence electrons. The lowest BCUT2D eigenvalue weighted by molar-refractivity contribution is 0.0957. The number of fused-ring (bicyclic) bond motifs is 1. The van der Waals surface area contributed by atoms with Gasteiger partial charge in [0, 0.05) is 17.5 Å². The quantitative estimate of drug-likeness (QED) is 0.839. The van der Waals surface area contributed by atoms with Gasteiger partial charge in [0.05, 0.1) is 4.88 Å². The number of rotatable bonds is 4. The summed E-state index contributed by atoms with van der Waals surface area (Å²) >= 11 is 1.65. The smallest absolute Gasteiger partial charge is 0.261 e. The largest absolute Gasteiger partial charge is 0.351 e. The Balaban J connectivity index is 1.89. The van der Waals surface area contributed by atoms with Gasteiger partial charge in [0.1, 0.15) is 0 Å². The fourth-order valence-electron chi connectivity index (χ4n) is 1.94. The molecular weight excluding hydrogens is 220 g/mol. The molecule has 1 aliphatic carbocycles. The zero-order valence-corrected chi connectivity index (χ0v) is 10.4. The number of amides is 1. The average Bonchev–Trinajstić information content (AvgIpc) is 2.75. The van der Waals surface area contributed by atoms with Crippen LogP contribution in [-0.2, 0) is 12.8 Å². The van der Waals surface area contributed by atoms with Gasteiger partial charge in [-0.1, -0.05) is 0 Å². The summed E-state index contributed by atoms with van der Waals surface area (Å²) in [5, 5.41) is 2.91. The Morgan fingerprint density at radius 1 is 1.62 bits per heavy atom. The van der Waals surface area contributed by atoms with Crippen LogP contribution in [0.3, 0.4) is 0 Å². The first-order valence-corrected chi connectivity index (χ1v) is 6.64. The minimum atomic E-state index is 0.0556. The van der Waals surface area contributed by atoms with E-state index in [1.54, 1.807) is 11.3 Å². The molecule has 1 atom stereocenters. The summed E-state index contributed by atoms with van der Waals surface area (Å²) in [4.78, 5) is 14.0. The highest BCUT2D eigenvalue weighted by Crippen LogP contribution is 2.30. The third-order valence-electron chi connectivity index (χ3n) is 2.86. The fourth-order valence-corrected chi connectivity index (χ4v) is 3.11. The Bertz CT molecular complexity index is 363. The minimum absolute atomic E-state index is 0.0556. The van der Waals surface area contributed by atoms with Gasteiger partial charge in [-0.15, -0.1) is 11.3 Å². The van der Waals surface area contributed by atoms with E-state index in [9.17, 15) is 4.79 Å². The fraction of sp³-hybridized carbons (Fsp3) is 0.583. The van der Waals surface area contributed by atoms with Crippen LogP contribution in [0.4, 0.5) is 0 Å². The van der Waals surface area contributed by atoms with E-state index < -0.39 is 0 Å². The monoisotopic (exact) mass is 238 g/mol. The maximum Gasteiger partial charge on any atom is 0.261 e. The van der Waals surface area contributed by atoms with Crippen LogP contribution >= 0.6 is 11.3 Å². The van der Waals surface area contributed by atoms with Crippen LogP contribution in [0.25, 0.3) is 0 Å². The molecule has 1 aromatic rings. The highest BCUT2D eigenvalue weighted by Gasteiger charge is 2.17. The van der Waals surface area contributed by atoms with E-state index in [4.69, 9.17) is 5.73 Å². The lowest BCUT2D eigenvalue weighted by Crippen LogP contribution is -2.28. The molecule has 4 heteroatoms. The number of carbonyl (C=O) groups excluding carboxylic acids is 1. The Morgan fingerprint density at radius 2 is 2.44 bits per heavy atom. The van der Waals surface area contributed by atoms with Crippen molar-refractivity contribution in [3.63, 3.8) is 0 Å². The molecule has 1 aliphatic rings. The predicted molar refractivity (Wildman–Crippen MR) is 66.9 cm³/mol. The molecule has 0 bridgehead atoms. The van der Waals surface area contributed by atoms with Crippen LogP contribution < -0.4 is 11.1 Å². The molecule has 1 amide bonds. The molecule has 3 nitrogen and oxygen atoms in total. The molecule has 1 aromatic heterocycles. The minimum Gasteiger partial charge on any atom is -0.351 e. The maximum absolute atomic E-state index is 11.8. The summed E-state index contributed by atoms with van der Waals surface area (Å²) < 4.78 is 0. The van der Waals surface area contributed by atoms with E-state index >= 15 is 0 Å². The molecule has 0 saturated carbocycles. The Labute approximate surface area is 100 Å². The second-order valence-corrected chi connectivity index (χ2v) is 5.57. The zero-order valence-electron chi connectivity index (χ0n) is 9.58. The Hall–Kier alpha value is -0.870. The number of nitrogens with one attached hydrogen (secondary N) is 1. The first-order valence-electron chi connectivity index (χ1n) is 5.82. The molecular formula is C12H18N2OS. The number of carbonyl (C=O) groups is 1. The van der Waals surface area contributed by atoms with Crippen molar-refractivity contribution in [3.8, 4) is 0 Å². The number of hydrogen-bond donors (Lipinski definition) is 2. The van der Waals surface area contributed by atoms with Gasteiger partial charge < -0.3 is 11.1 Å². The van der Waals surface area contributed by atoms with Gasteiger partial charge in [0.2, 0.25) is 0 Å². The van der Waals surface area contributed by atoms with Gasteiger partial charge in [-0.25, -0.2) is 0 Å². The Morgan fingerprint density at radius 3 is 3.12 bits per heavy atom.